The quantitative estimate of drug-likeness (QED) is 0.795. The van der Waals surface area contributed by atoms with Gasteiger partial charge in [0.15, 0.2) is 0 Å². The summed E-state index contributed by atoms with van der Waals surface area (Å²) in [6, 6.07) is 20.4. The van der Waals surface area contributed by atoms with Crippen LogP contribution in [0.15, 0.2) is 60.7 Å². The van der Waals surface area contributed by atoms with Gasteiger partial charge in [-0.25, -0.2) is 0 Å². The molecule has 150 valence electrons. The average molecular weight is 381 g/mol. The zero-order chi connectivity index (χ0) is 20.0. The van der Waals surface area contributed by atoms with E-state index < -0.39 is 5.60 Å². The van der Waals surface area contributed by atoms with Crippen molar-refractivity contribution >= 4 is 5.91 Å². The predicted octanol–water partition coefficient (Wildman–Crippen LogP) is 3.80. The first-order chi connectivity index (χ1) is 13.5. The molecule has 1 N–H and O–H groups in total. The average Bonchev–Trinajstić information content (AvgIpc) is 2.74. The third-order valence-corrected chi connectivity index (χ3v) is 5.92. The van der Waals surface area contributed by atoms with Crippen LogP contribution >= 0.6 is 0 Å². The summed E-state index contributed by atoms with van der Waals surface area (Å²) in [5.41, 5.74) is 1.43. The second kappa shape index (κ2) is 9.35. The van der Waals surface area contributed by atoms with Crippen LogP contribution in [0, 0.1) is 0 Å². The number of carbonyl (C=O) groups is 1. The highest BCUT2D eigenvalue weighted by atomic mass is 16.3. The molecule has 1 amide bonds. The molecule has 1 unspecified atom stereocenters. The number of hydrogen-bond donors (Lipinski definition) is 1. The number of rotatable bonds is 7. The smallest absolute Gasteiger partial charge is 0.222 e. The molecule has 1 fully saturated rings. The second-order valence-electron chi connectivity index (χ2n) is 7.90. The van der Waals surface area contributed by atoms with E-state index in [9.17, 15) is 9.90 Å². The molecule has 0 aliphatic carbocycles. The second-order valence-corrected chi connectivity index (χ2v) is 7.90. The minimum atomic E-state index is -0.736. The highest BCUT2D eigenvalue weighted by Gasteiger charge is 2.35. The Balaban J connectivity index is 1.60. The van der Waals surface area contributed by atoms with Crippen LogP contribution in [0.25, 0.3) is 0 Å². The molecule has 0 bridgehead atoms. The molecule has 0 spiro atoms. The van der Waals surface area contributed by atoms with Crippen molar-refractivity contribution in [1.29, 1.82) is 0 Å². The molecule has 0 aromatic heterocycles. The zero-order valence-electron chi connectivity index (χ0n) is 17.1. The molecular weight excluding hydrogens is 348 g/mol. The number of piperidine rings is 1. The fourth-order valence-electron chi connectivity index (χ4n) is 4.09. The van der Waals surface area contributed by atoms with Crippen LogP contribution in [0.3, 0.4) is 0 Å². The van der Waals surface area contributed by atoms with Gasteiger partial charge in [0.2, 0.25) is 5.91 Å². The summed E-state index contributed by atoms with van der Waals surface area (Å²) in [7, 11) is 0. The standard InChI is InChI=1S/C24H32N2O2/c1-3-23(27)26(19-21-10-6-4-7-11-21)18-20(2)25-16-14-24(28,15-17-25)22-12-8-5-9-13-22/h4-13,20,28H,3,14-19H2,1-2H3. The number of hydrogen-bond acceptors (Lipinski definition) is 3. The van der Waals surface area contributed by atoms with Crippen molar-refractivity contribution in [2.24, 2.45) is 0 Å². The van der Waals surface area contributed by atoms with Gasteiger partial charge in [-0.1, -0.05) is 67.6 Å². The van der Waals surface area contributed by atoms with Gasteiger partial charge in [-0.3, -0.25) is 9.69 Å². The number of amides is 1. The zero-order valence-corrected chi connectivity index (χ0v) is 17.1. The molecule has 0 radical (unpaired) electrons. The molecule has 3 rings (SSSR count). The van der Waals surface area contributed by atoms with Crippen molar-refractivity contribution in [2.45, 2.75) is 51.3 Å². The SMILES string of the molecule is CCC(=O)N(Cc1ccccc1)CC(C)N1CCC(O)(c2ccccc2)CC1. The lowest BCUT2D eigenvalue weighted by Crippen LogP contribution is -2.50. The summed E-state index contributed by atoms with van der Waals surface area (Å²) in [6.07, 6.45) is 1.97. The molecule has 28 heavy (non-hydrogen) atoms. The molecule has 1 saturated heterocycles. The van der Waals surface area contributed by atoms with E-state index in [0.29, 0.717) is 19.5 Å². The highest BCUT2D eigenvalue weighted by Crippen LogP contribution is 2.33. The summed E-state index contributed by atoms with van der Waals surface area (Å²) in [5, 5.41) is 11.1. The van der Waals surface area contributed by atoms with Crippen LogP contribution in [-0.4, -0.2) is 46.5 Å². The van der Waals surface area contributed by atoms with Crippen LogP contribution in [0.2, 0.25) is 0 Å². The number of likely N-dealkylation sites (tertiary alicyclic amines) is 1. The molecule has 1 heterocycles. The van der Waals surface area contributed by atoms with Crippen molar-refractivity contribution < 1.29 is 9.90 Å². The van der Waals surface area contributed by atoms with Gasteiger partial charge in [0.1, 0.15) is 0 Å². The summed E-state index contributed by atoms with van der Waals surface area (Å²) >= 11 is 0. The van der Waals surface area contributed by atoms with Crippen molar-refractivity contribution in [1.82, 2.24) is 9.80 Å². The Hall–Kier alpha value is -2.17. The number of aliphatic hydroxyl groups is 1. The van der Waals surface area contributed by atoms with Crippen LogP contribution < -0.4 is 0 Å². The van der Waals surface area contributed by atoms with E-state index in [-0.39, 0.29) is 11.9 Å². The van der Waals surface area contributed by atoms with E-state index in [0.717, 1.165) is 37.1 Å². The van der Waals surface area contributed by atoms with Gasteiger partial charge < -0.3 is 10.0 Å². The van der Waals surface area contributed by atoms with Crippen molar-refractivity contribution in [3.63, 3.8) is 0 Å². The molecule has 1 atom stereocenters. The maximum absolute atomic E-state index is 12.5. The normalized spacial score (nSPS) is 17.8. The fourth-order valence-corrected chi connectivity index (χ4v) is 4.09. The van der Waals surface area contributed by atoms with E-state index in [1.54, 1.807) is 0 Å². The van der Waals surface area contributed by atoms with Gasteiger partial charge in [-0.05, 0) is 30.9 Å². The third-order valence-electron chi connectivity index (χ3n) is 5.92. The minimum Gasteiger partial charge on any atom is -0.385 e. The van der Waals surface area contributed by atoms with Crippen molar-refractivity contribution in [2.75, 3.05) is 19.6 Å². The molecule has 2 aromatic rings. The van der Waals surface area contributed by atoms with Crippen molar-refractivity contribution in [3.05, 3.63) is 71.8 Å². The molecular formula is C24H32N2O2. The molecule has 2 aromatic carbocycles. The third kappa shape index (κ3) is 5.00. The Kier molecular flexibility index (Phi) is 6.87. The topological polar surface area (TPSA) is 43.8 Å². The summed E-state index contributed by atoms with van der Waals surface area (Å²) in [5.74, 6) is 0.188. The van der Waals surface area contributed by atoms with Gasteiger partial charge in [-0.15, -0.1) is 0 Å². The predicted molar refractivity (Wildman–Crippen MR) is 113 cm³/mol. The van der Waals surface area contributed by atoms with Gasteiger partial charge in [0.25, 0.3) is 0 Å². The number of nitrogens with zero attached hydrogens (tertiary/aromatic N) is 2. The molecule has 1 aliphatic rings. The van der Waals surface area contributed by atoms with E-state index in [4.69, 9.17) is 0 Å². The van der Waals surface area contributed by atoms with Gasteiger partial charge in [0.05, 0.1) is 5.60 Å². The Morgan fingerprint density at radius 1 is 1.07 bits per heavy atom. The molecule has 0 saturated carbocycles. The number of carbonyl (C=O) groups excluding carboxylic acids is 1. The first kappa shape index (κ1) is 20.6. The first-order valence-corrected chi connectivity index (χ1v) is 10.4. The lowest BCUT2D eigenvalue weighted by atomic mass is 9.84. The van der Waals surface area contributed by atoms with Crippen LogP contribution in [0.1, 0.15) is 44.2 Å². The minimum absolute atomic E-state index is 0.188. The maximum Gasteiger partial charge on any atom is 0.222 e. The maximum atomic E-state index is 12.5. The Morgan fingerprint density at radius 2 is 1.64 bits per heavy atom. The summed E-state index contributed by atoms with van der Waals surface area (Å²) in [4.78, 5) is 16.9. The summed E-state index contributed by atoms with van der Waals surface area (Å²) < 4.78 is 0. The van der Waals surface area contributed by atoms with E-state index in [1.807, 2.05) is 60.4 Å². The van der Waals surface area contributed by atoms with Gasteiger partial charge in [-0.2, -0.15) is 0 Å². The van der Waals surface area contributed by atoms with Crippen LogP contribution in [0.4, 0.5) is 0 Å². The number of benzene rings is 2. The Labute approximate surface area is 168 Å². The lowest BCUT2D eigenvalue weighted by molar-refractivity contribution is -0.132. The Morgan fingerprint density at radius 3 is 2.21 bits per heavy atom. The first-order valence-electron chi connectivity index (χ1n) is 10.4. The summed E-state index contributed by atoms with van der Waals surface area (Å²) in [6.45, 7) is 7.16. The van der Waals surface area contributed by atoms with Crippen molar-refractivity contribution in [3.8, 4) is 0 Å². The molecule has 4 heteroatoms. The van der Waals surface area contributed by atoms with Crippen LogP contribution in [0.5, 0.6) is 0 Å². The van der Waals surface area contributed by atoms with E-state index in [1.165, 1.54) is 0 Å². The molecule has 1 aliphatic heterocycles. The van der Waals surface area contributed by atoms with E-state index in [2.05, 4.69) is 24.0 Å². The van der Waals surface area contributed by atoms with E-state index >= 15 is 0 Å². The highest BCUT2D eigenvalue weighted by molar-refractivity contribution is 5.75. The molecule has 4 nitrogen and oxygen atoms in total. The van der Waals surface area contributed by atoms with Gasteiger partial charge >= 0.3 is 0 Å². The lowest BCUT2D eigenvalue weighted by Gasteiger charge is -2.42. The largest absolute Gasteiger partial charge is 0.385 e. The van der Waals surface area contributed by atoms with Gasteiger partial charge in [0, 0.05) is 38.6 Å². The Bertz CT molecular complexity index is 740. The monoisotopic (exact) mass is 380 g/mol. The fraction of sp³-hybridized carbons (Fsp3) is 0.458. The van der Waals surface area contributed by atoms with Crippen LogP contribution in [-0.2, 0) is 16.9 Å².